The first-order valence-electron chi connectivity index (χ1n) is 6.88. The van der Waals surface area contributed by atoms with Gasteiger partial charge < -0.3 is 0 Å². The highest BCUT2D eigenvalue weighted by atomic mass is 32.2. The minimum Gasteiger partial charge on any atom is -0.298 e. The molecule has 0 aliphatic carbocycles. The van der Waals surface area contributed by atoms with E-state index in [2.05, 4.69) is 6.92 Å². The summed E-state index contributed by atoms with van der Waals surface area (Å²) in [5, 5.41) is 0. The maximum absolute atomic E-state index is 12.1. The highest BCUT2D eigenvalue weighted by Crippen LogP contribution is 2.15. The third kappa shape index (κ3) is 5.55. The van der Waals surface area contributed by atoms with Crippen molar-refractivity contribution in [2.75, 3.05) is 5.75 Å². The van der Waals surface area contributed by atoms with Crippen LogP contribution in [0.15, 0.2) is 29.2 Å². The van der Waals surface area contributed by atoms with Gasteiger partial charge in [0, 0.05) is 5.56 Å². The summed E-state index contributed by atoms with van der Waals surface area (Å²) >= 11 is 0. The van der Waals surface area contributed by atoms with Crippen molar-refractivity contribution in [2.24, 2.45) is 0 Å². The molecule has 0 aromatic heterocycles. The van der Waals surface area contributed by atoms with E-state index in [1.54, 1.807) is 18.2 Å². The lowest BCUT2D eigenvalue weighted by Crippen LogP contribution is -2.07. The molecule has 0 atom stereocenters. The van der Waals surface area contributed by atoms with Crippen LogP contribution in [0.25, 0.3) is 0 Å². The molecule has 0 bridgehead atoms. The van der Waals surface area contributed by atoms with Crippen molar-refractivity contribution < 1.29 is 13.2 Å². The van der Waals surface area contributed by atoms with E-state index in [0.717, 1.165) is 12.8 Å². The Kier molecular flexibility index (Phi) is 6.78. The topological polar surface area (TPSA) is 51.2 Å². The Morgan fingerprint density at radius 2 is 1.74 bits per heavy atom. The average Bonchev–Trinajstić information content (AvgIpc) is 2.43. The van der Waals surface area contributed by atoms with Crippen LogP contribution in [0.2, 0.25) is 0 Å². The summed E-state index contributed by atoms with van der Waals surface area (Å²) in [6, 6.07) is 6.22. The zero-order chi connectivity index (χ0) is 14.1. The maximum atomic E-state index is 12.1. The number of hydrogen-bond acceptors (Lipinski definition) is 3. The third-order valence-corrected chi connectivity index (χ3v) is 4.92. The van der Waals surface area contributed by atoms with Crippen molar-refractivity contribution in [1.29, 1.82) is 0 Å². The Bertz CT molecular complexity index is 492. The van der Waals surface area contributed by atoms with Crippen molar-refractivity contribution in [1.82, 2.24) is 0 Å². The van der Waals surface area contributed by atoms with E-state index in [1.807, 2.05) is 0 Å². The quantitative estimate of drug-likeness (QED) is 0.513. The lowest BCUT2D eigenvalue weighted by molar-refractivity contribution is 0.112. The Morgan fingerprint density at radius 1 is 1.05 bits per heavy atom. The Labute approximate surface area is 116 Å². The summed E-state index contributed by atoms with van der Waals surface area (Å²) in [5.41, 5.74) is 0.407. The van der Waals surface area contributed by atoms with Crippen LogP contribution >= 0.6 is 0 Å². The molecule has 1 rings (SSSR count). The second-order valence-electron chi connectivity index (χ2n) is 4.78. The summed E-state index contributed by atoms with van der Waals surface area (Å²) in [6.45, 7) is 2.16. The Balaban J connectivity index is 2.49. The van der Waals surface area contributed by atoms with Crippen molar-refractivity contribution in [2.45, 2.75) is 50.3 Å². The van der Waals surface area contributed by atoms with Gasteiger partial charge in [-0.25, -0.2) is 8.42 Å². The van der Waals surface area contributed by atoms with Crippen molar-refractivity contribution in [3.05, 3.63) is 29.8 Å². The van der Waals surface area contributed by atoms with E-state index in [1.165, 1.54) is 25.3 Å². The first-order valence-corrected chi connectivity index (χ1v) is 8.53. The van der Waals surface area contributed by atoms with E-state index >= 15 is 0 Å². The van der Waals surface area contributed by atoms with Gasteiger partial charge in [0.25, 0.3) is 0 Å². The smallest absolute Gasteiger partial charge is 0.178 e. The van der Waals surface area contributed by atoms with E-state index < -0.39 is 9.84 Å². The van der Waals surface area contributed by atoms with Gasteiger partial charge in [-0.2, -0.15) is 0 Å². The van der Waals surface area contributed by atoms with Gasteiger partial charge in [-0.05, 0) is 18.6 Å². The molecule has 4 heteroatoms. The highest BCUT2D eigenvalue weighted by Gasteiger charge is 2.14. The maximum Gasteiger partial charge on any atom is 0.178 e. The SMILES string of the molecule is CCCCCCCCS(=O)(=O)c1cccc(C=O)c1. The van der Waals surface area contributed by atoms with Crippen LogP contribution in [0.4, 0.5) is 0 Å². The van der Waals surface area contributed by atoms with Crippen molar-refractivity contribution in [3.63, 3.8) is 0 Å². The molecule has 1 aromatic rings. The van der Waals surface area contributed by atoms with Gasteiger partial charge in [-0.3, -0.25) is 4.79 Å². The van der Waals surface area contributed by atoms with Gasteiger partial charge in [0.2, 0.25) is 0 Å². The minimum absolute atomic E-state index is 0.168. The van der Waals surface area contributed by atoms with Gasteiger partial charge in [0.05, 0.1) is 10.6 Å². The molecule has 1 aromatic carbocycles. The number of carbonyl (C=O) groups excluding carboxylic acids is 1. The zero-order valence-corrected chi connectivity index (χ0v) is 12.3. The summed E-state index contributed by atoms with van der Waals surface area (Å²) < 4.78 is 24.1. The monoisotopic (exact) mass is 282 g/mol. The van der Waals surface area contributed by atoms with Gasteiger partial charge in [0.15, 0.2) is 9.84 Å². The normalized spacial score (nSPS) is 11.4. The number of benzene rings is 1. The van der Waals surface area contributed by atoms with E-state index in [9.17, 15) is 13.2 Å². The molecule has 0 N–H and O–H groups in total. The molecule has 0 saturated heterocycles. The largest absolute Gasteiger partial charge is 0.298 e. The fourth-order valence-electron chi connectivity index (χ4n) is 1.97. The Morgan fingerprint density at radius 3 is 2.42 bits per heavy atom. The molecule has 0 heterocycles. The number of unbranched alkanes of at least 4 members (excludes halogenated alkanes) is 5. The second-order valence-corrected chi connectivity index (χ2v) is 6.89. The van der Waals surface area contributed by atoms with Gasteiger partial charge in [0.1, 0.15) is 6.29 Å². The lowest BCUT2D eigenvalue weighted by atomic mass is 10.1. The molecule has 0 amide bonds. The molecule has 0 unspecified atom stereocenters. The molecule has 106 valence electrons. The van der Waals surface area contributed by atoms with Gasteiger partial charge in [-0.15, -0.1) is 0 Å². The van der Waals surface area contributed by atoms with Crippen LogP contribution in [0.3, 0.4) is 0 Å². The molecule has 0 radical (unpaired) electrons. The molecule has 0 fully saturated rings. The van der Waals surface area contributed by atoms with Crippen molar-refractivity contribution >= 4 is 16.1 Å². The van der Waals surface area contributed by atoms with Crippen LogP contribution in [-0.2, 0) is 9.84 Å². The fraction of sp³-hybridized carbons (Fsp3) is 0.533. The van der Waals surface area contributed by atoms with Crippen LogP contribution < -0.4 is 0 Å². The fourth-order valence-corrected chi connectivity index (χ4v) is 3.39. The number of sulfone groups is 1. The first-order chi connectivity index (χ1) is 9.10. The zero-order valence-electron chi connectivity index (χ0n) is 11.5. The van der Waals surface area contributed by atoms with Crippen LogP contribution in [-0.4, -0.2) is 20.5 Å². The van der Waals surface area contributed by atoms with E-state index in [4.69, 9.17) is 0 Å². The molecule has 0 aliphatic rings. The number of rotatable bonds is 9. The molecule has 3 nitrogen and oxygen atoms in total. The molecular formula is C15H22O3S. The minimum atomic E-state index is -3.24. The van der Waals surface area contributed by atoms with Gasteiger partial charge in [-0.1, -0.05) is 51.2 Å². The summed E-state index contributed by atoms with van der Waals surface area (Å²) in [6.07, 6.45) is 6.99. The van der Waals surface area contributed by atoms with Crippen LogP contribution in [0.1, 0.15) is 55.8 Å². The number of carbonyl (C=O) groups is 1. The lowest BCUT2D eigenvalue weighted by Gasteiger charge is -2.05. The number of aldehydes is 1. The third-order valence-electron chi connectivity index (χ3n) is 3.12. The van der Waals surface area contributed by atoms with Gasteiger partial charge >= 0.3 is 0 Å². The standard InChI is InChI=1S/C15H22O3S/c1-2-3-4-5-6-7-11-19(17,18)15-10-8-9-14(12-15)13-16/h8-10,12-13H,2-7,11H2,1H3. The van der Waals surface area contributed by atoms with E-state index in [-0.39, 0.29) is 10.6 Å². The Hall–Kier alpha value is -1.16. The number of hydrogen-bond donors (Lipinski definition) is 0. The molecular weight excluding hydrogens is 260 g/mol. The van der Waals surface area contributed by atoms with Crippen molar-refractivity contribution in [3.8, 4) is 0 Å². The molecule has 0 saturated carbocycles. The molecule has 0 spiro atoms. The summed E-state index contributed by atoms with van der Waals surface area (Å²) in [7, 11) is -3.24. The van der Waals surface area contributed by atoms with Crippen LogP contribution in [0.5, 0.6) is 0 Å². The highest BCUT2D eigenvalue weighted by molar-refractivity contribution is 7.91. The predicted molar refractivity (Wildman–Crippen MR) is 77.3 cm³/mol. The summed E-state index contributed by atoms with van der Waals surface area (Å²) in [4.78, 5) is 10.9. The first kappa shape index (κ1) is 15.9. The van der Waals surface area contributed by atoms with Crippen LogP contribution in [0, 0.1) is 0 Å². The average molecular weight is 282 g/mol. The molecule has 19 heavy (non-hydrogen) atoms. The predicted octanol–water partition coefficient (Wildman–Crippen LogP) is 3.63. The van der Waals surface area contributed by atoms with E-state index in [0.29, 0.717) is 18.3 Å². The second kappa shape index (κ2) is 8.10. The molecule has 0 aliphatic heterocycles. The summed E-state index contributed by atoms with van der Waals surface area (Å²) in [5.74, 6) is 0.168.